The summed E-state index contributed by atoms with van der Waals surface area (Å²) in [6.07, 6.45) is 0.784. The summed E-state index contributed by atoms with van der Waals surface area (Å²) in [4.78, 5) is 23.7. The van der Waals surface area contributed by atoms with Gasteiger partial charge in [0.25, 0.3) is 5.91 Å². The number of rotatable bonds is 9. The third kappa shape index (κ3) is 8.36. The third-order valence-electron chi connectivity index (χ3n) is 4.26. The number of carbonyl (C=O) groups is 2. The third-order valence-corrected chi connectivity index (χ3v) is 5.31. The van der Waals surface area contributed by atoms with Gasteiger partial charge < -0.3 is 14.8 Å². The van der Waals surface area contributed by atoms with Gasteiger partial charge in [-0.15, -0.1) is 0 Å². The van der Waals surface area contributed by atoms with E-state index in [0.717, 1.165) is 20.1 Å². The first kappa shape index (κ1) is 24.5. The van der Waals surface area contributed by atoms with Crippen molar-refractivity contribution in [3.05, 3.63) is 98.4 Å². The largest absolute Gasteiger partial charge is 0.487 e. The zero-order valence-corrected chi connectivity index (χ0v) is 20.6. The molecular formula is C24H21Br2N3O4. The number of amides is 2. The molecule has 0 radical (unpaired) electrons. The first-order valence-electron chi connectivity index (χ1n) is 9.93. The molecule has 33 heavy (non-hydrogen) atoms. The SMILES string of the molecule is O=C(CNC(=O)OCc1ccccc1)N/N=C\c1cc(Br)cc(Br)c1OCc1ccccc1. The van der Waals surface area contributed by atoms with Gasteiger partial charge in [-0.3, -0.25) is 4.79 Å². The molecule has 3 aromatic rings. The highest BCUT2D eigenvalue weighted by Crippen LogP contribution is 2.32. The number of hydrogen-bond acceptors (Lipinski definition) is 5. The van der Waals surface area contributed by atoms with Crippen LogP contribution in [0.1, 0.15) is 16.7 Å². The minimum atomic E-state index is -0.689. The van der Waals surface area contributed by atoms with Gasteiger partial charge in [0, 0.05) is 10.0 Å². The highest BCUT2D eigenvalue weighted by atomic mass is 79.9. The number of alkyl carbamates (subject to hydrolysis) is 1. The first-order chi connectivity index (χ1) is 16.0. The number of nitrogens with one attached hydrogen (secondary N) is 2. The zero-order valence-electron chi connectivity index (χ0n) is 17.5. The number of carbonyl (C=O) groups excluding carboxylic acids is 2. The molecule has 0 heterocycles. The van der Waals surface area contributed by atoms with Crippen molar-refractivity contribution in [1.82, 2.24) is 10.7 Å². The average Bonchev–Trinajstić information content (AvgIpc) is 2.82. The molecule has 7 nitrogen and oxygen atoms in total. The second kappa shape index (κ2) is 12.8. The monoisotopic (exact) mass is 573 g/mol. The lowest BCUT2D eigenvalue weighted by molar-refractivity contribution is -0.120. The molecule has 0 fully saturated rings. The number of ether oxygens (including phenoxy) is 2. The summed E-state index contributed by atoms with van der Waals surface area (Å²) in [5.74, 6) is 0.0893. The predicted molar refractivity (Wildman–Crippen MR) is 133 cm³/mol. The molecule has 0 aliphatic rings. The molecule has 9 heteroatoms. The second-order valence-electron chi connectivity index (χ2n) is 6.79. The van der Waals surface area contributed by atoms with Gasteiger partial charge in [-0.25, -0.2) is 10.2 Å². The normalized spacial score (nSPS) is 10.6. The van der Waals surface area contributed by atoms with Gasteiger partial charge in [0.15, 0.2) is 0 Å². The molecule has 0 aliphatic carbocycles. The Balaban J connectivity index is 1.50. The van der Waals surface area contributed by atoms with E-state index in [4.69, 9.17) is 9.47 Å². The molecule has 170 valence electrons. The Kier molecular flexibility index (Phi) is 9.46. The van der Waals surface area contributed by atoms with Gasteiger partial charge >= 0.3 is 6.09 Å². The first-order valence-corrected chi connectivity index (χ1v) is 11.5. The average molecular weight is 575 g/mol. The molecule has 0 spiro atoms. The summed E-state index contributed by atoms with van der Waals surface area (Å²) in [7, 11) is 0. The number of halogens is 2. The second-order valence-corrected chi connectivity index (χ2v) is 8.56. The molecule has 3 rings (SSSR count). The van der Waals surface area contributed by atoms with Crippen LogP contribution in [-0.4, -0.2) is 24.8 Å². The van der Waals surface area contributed by atoms with Gasteiger partial charge in [-0.2, -0.15) is 5.10 Å². The minimum Gasteiger partial charge on any atom is -0.487 e. The molecule has 3 aromatic carbocycles. The van der Waals surface area contributed by atoms with Crippen LogP contribution in [-0.2, 0) is 22.7 Å². The quantitative estimate of drug-likeness (QED) is 0.273. The molecule has 2 N–H and O–H groups in total. The fraction of sp³-hybridized carbons (Fsp3) is 0.125. The van der Waals surface area contributed by atoms with E-state index in [1.807, 2.05) is 72.8 Å². The summed E-state index contributed by atoms with van der Waals surface area (Å²) < 4.78 is 12.6. The van der Waals surface area contributed by atoms with Crippen LogP contribution in [0.15, 0.2) is 86.8 Å². The van der Waals surface area contributed by atoms with Crippen molar-refractivity contribution in [3.63, 3.8) is 0 Å². The van der Waals surface area contributed by atoms with Crippen molar-refractivity contribution in [2.45, 2.75) is 13.2 Å². The van der Waals surface area contributed by atoms with Crippen LogP contribution in [0.4, 0.5) is 4.79 Å². The van der Waals surface area contributed by atoms with Gasteiger partial charge in [0.2, 0.25) is 0 Å². The Morgan fingerprint density at radius 2 is 1.55 bits per heavy atom. The number of hydrogen-bond donors (Lipinski definition) is 2. The Morgan fingerprint density at radius 3 is 2.21 bits per heavy atom. The van der Waals surface area contributed by atoms with Crippen LogP contribution in [0.3, 0.4) is 0 Å². The summed E-state index contributed by atoms with van der Waals surface area (Å²) >= 11 is 6.94. The highest BCUT2D eigenvalue weighted by molar-refractivity contribution is 9.11. The number of hydrazone groups is 1. The van der Waals surface area contributed by atoms with Crippen LogP contribution in [0.5, 0.6) is 5.75 Å². The topological polar surface area (TPSA) is 89.0 Å². The lowest BCUT2D eigenvalue weighted by atomic mass is 10.2. The summed E-state index contributed by atoms with van der Waals surface area (Å²) in [6, 6.07) is 22.7. The molecule has 0 aliphatic heterocycles. The van der Waals surface area contributed by atoms with E-state index in [9.17, 15) is 9.59 Å². The van der Waals surface area contributed by atoms with E-state index in [0.29, 0.717) is 17.9 Å². The lowest BCUT2D eigenvalue weighted by Gasteiger charge is -2.12. The van der Waals surface area contributed by atoms with Crippen molar-refractivity contribution < 1.29 is 19.1 Å². The van der Waals surface area contributed by atoms with Gasteiger partial charge in [0.05, 0.1) is 10.7 Å². The molecule has 0 bridgehead atoms. The smallest absolute Gasteiger partial charge is 0.407 e. The zero-order chi connectivity index (χ0) is 23.5. The maximum Gasteiger partial charge on any atom is 0.407 e. The summed E-state index contributed by atoms with van der Waals surface area (Å²) in [5, 5.41) is 6.36. The van der Waals surface area contributed by atoms with E-state index >= 15 is 0 Å². The molecule has 2 amide bonds. The van der Waals surface area contributed by atoms with Crippen molar-refractivity contribution >= 4 is 50.1 Å². The number of benzene rings is 3. The maximum atomic E-state index is 12.0. The van der Waals surface area contributed by atoms with Gasteiger partial charge in [-0.05, 0) is 39.2 Å². The van der Waals surface area contributed by atoms with E-state index in [1.165, 1.54) is 6.21 Å². The van der Waals surface area contributed by atoms with Crippen molar-refractivity contribution in [3.8, 4) is 5.75 Å². The van der Waals surface area contributed by atoms with Crippen molar-refractivity contribution in [2.75, 3.05) is 6.54 Å². The molecular weight excluding hydrogens is 554 g/mol. The van der Waals surface area contributed by atoms with Crippen LogP contribution in [0, 0.1) is 0 Å². The van der Waals surface area contributed by atoms with Crippen LogP contribution >= 0.6 is 31.9 Å². The Hall–Kier alpha value is -3.17. The lowest BCUT2D eigenvalue weighted by Crippen LogP contribution is -2.35. The Labute approximate surface area is 208 Å². The van der Waals surface area contributed by atoms with E-state index in [1.54, 1.807) is 0 Å². The number of nitrogens with zero attached hydrogens (tertiary/aromatic N) is 1. The van der Waals surface area contributed by atoms with Crippen LogP contribution in [0.25, 0.3) is 0 Å². The summed E-state index contributed by atoms with van der Waals surface area (Å²) in [6.45, 7) is 0.226. The fourth-order valence-electron chi connectivity index (χ4n) is 2.70. The maximum absolute atomic E-state index is 12.0. The Bertz CT molecular complexity index is 1110. The van der Waals surface area contributed by atoms with Crippen molar-refractivity contribution in [1.29, 1.82) is 0 Å². The fourth-order valence-corrected chi connectivity index (χ4v) is 4.07. The molecule has 0 saturated carbocycles. The summed E-state index contributed by atoms with van der Waals surface area (Å²) in [5.41, 5.74) is 4.91. The van der Waals surface area contributed by atoms with E-state index in [-0.39, 0.29) is 13.2 Å². The van der Waals surface area contributed by atoms with Gasteiger partial charge in [0.1, 0.15) is 25.5 Å². The molecule has 0 aromatic heterocycles. The van der Waals surface area contributed by atoms with Crippen LogP contribution < -0.4 is 15.5 Å². The predicted octanol–water partition coefficient (Wildman–Crippen LogP) is 5.17. The van der Waals surface area contributed by atoms with Crippen molar-refractivity contribution in [2.24, 2.45) is 5.10 Å². The van der Waals surface area contributed by atoms with Crippen LogP contribution in [0.2, 0.25) is 0 Å². The van der Waals surface area contributed by atoms with E-state index in [2.05, 4.69) is 47.7 Å². The Morgan fingerprint density at radius 1 is 0.909 bits per heavy atom. The molecule has 0 saturated heterocycles. The standard InChI is InChI=1S/C24H21Br2N3O4/c25-20-11-19(23(21(26)12-20)32-15-17-7-3-1-4-8-17)13-28-29-22(30)14-27-24(31)33-16-18-9-5-2-6-10-18/h1-13H,14-16H2,(H,27,31)(H,29,30)/b28-13-. The van der Waals surface area contributed by atoms with E-state index < -0.39 is 12.0 Å². The van der Waals surface area contributed by atoms with Gasteiger partial charge in [-0.1, -0.05) is 76.6 Å². The highest BCUT2D eigenvalue weighted by Gasteiger charge is 2.10. The molecule has 0 atom stereocenters. The molecule has 0 unspecified atom stereocenters. The minimum absolute atomic E-state index is 0.121.